The second-order valence-electron chi connectivity index (χ2n) is 4.09. The molecule has 0 unspecified atom stereocenters. The van der Waals surface area contributed by atoms with Crippen LogP contribution < -0.4 is 5.73 Å². The van der Waals surface area contributed by atoms with E-state index in [0.29, 0.717) is 6.54 Å². The minimum absolute atomic E-state index is 0.552. The maximum Gasteiger partial charge on any atom is 0.134 e. The zero-order valence-corrected chi connectivity index (χ0v) is 11.0. The number of aromatic nitrogens is 1. The lowest BCUT2D eigenvalue weighted by molar-refractivity contribution is 0.617. The fourth-order valence-corrected chi connectivity index (χ4v) is 3.13. The zero-order valence-electron chi connectivity index (χ0n) is 10.1. The molecule has 0 atom stereocenters. The number of furan rings is 1. The van der Waals surface area contributed by atoms with Crippen molar-refractivity contribution in [1.29, 1.82) is 0 Å². The van der Waals surface area contributed by atoms with E-state index in [2.05, 4.69) is 18.0 Å². The van der Waals surface area contributed by atoms with Crippen LogP contribution in [0.4, 0.5) is 0 Å². The van der Waals surface area contributed by atoms with Crippen molar-refractivity contribution >= 4 is 22.3 Å². The summed E-state index contributed by atoms with van der Waals surface area (Å²) in [6, 6.07) is 8.01. The standard InChI is InChI=1S/C14H14N2OS/c1-2-11-13(7-15)18-14(16-11)10-8-17-12-6-4-3-5-9(10)12/h3-6,8H,2,7,15H2,1H3. The molecule has 3 rings (SSSR count). The predicted molar refractivity (Wildman–Crippen MR) is 74.6 cm³/mol. The van der Waals surface area contributed by atoms with Crippen molar-refractivity contribution < 1.29 is 4.42 Å². The molecule has 18 heavy (non-hydrogen) atoms. The summed E-state index contributed by atoms with van der Waals surface area (Å²) in [7, 11) is 0. The van der Waals surface area contributed by atoms with Gasteiger partial charge >= 0.3 is 0 Å². The van der Waals surface area contributed by atoms with E-state index in [-0.39, 0.29) is 0 Å². The Kier molecular flexibility index (Phi) is 2.89. The molecule has 0 fully saturated rings. The number of hydrogen-bond acceptors (Lipinski definition) is 4. The Morgan fingerprint density at radius 1 is 1.33 bits per heavy atom. The lowest BCUT2D eigenvalue weighted by Gasteiger charge is -1.91. The van der Waals surface area contributed by atoms with Gasteiger partial charge in [-0.25, -0.2) is 4.98 Å². The van der Waals surface area contributed by atoms with Gasteiger partial charge in [0.05, 0.1) is 11.3 Å². The molecule has 2 heterocycles. The minimum atomic E-state index is 0.552. The summed E-state index contributed by atoms with van der Waals surface area (Å²) >= 11 is 1.66. The smallest absolute Gasteiger partial charge is 0.134 e. The van der Waals surface area contributed by atoms with Gasteiger partial charge in [-0.1, -0.05) is 25.1 Å². The Morgan fingerprint density at radius 2 is 2.17 bits per heavy atom. The summed E-state index contributed by atoms with van der Waals surface area (Å²) in [6.07, 6.45) is 2.70. The van der Waals surface area contributed by atoms with Crippen LogP contribution >= 0.6 is 11.3 Å². The van der Waals surface area contributed by atoms with Crippen LogP contribution in [0.15, 0.2) is 34.9 Å². The van der Waals surface area contributed by atoms with Gasteiger partial charge in [0.2, 0.25) is 0 Å². The Hall–Kier alpha value is -1.65. The molecule has 0 radical (unpaired) electrons. The fourth-order valence-electron chi connectivity index (χ4n) is 2.08. The number of thiazole rings is 1. The number of hydrogen-bond donors (Lipinski definition) is 1. The van der Waals surface area contributed by atoms with E-state index in [9.17, 15) is 0 Å². The normalized spacial score (nSPS) is 11.2. The number of para-hydroxylation sites is 1. The minimum Gasteiger partial charge on any atom is -0.464 e. The lowest BCUT2D eigenvalue weighted by atomic mass is 10.2. The zero-order chi connectivity index (χ0) is 12.5. The third kappa shape index (κ3) is 1.74. The largest absolute Gasteiger partial charge is 0.464 e. The molecule has 0 aliphatic heterocycles. The van der Waals surface area contributed by atoms with E-state index in [1.165, 1.54) is 0 Å². The van der Waals surface area contributed by atoms with Crippen LogP contribution in [0.3, 0.4) is 0 Å². The molecule has 0 aliphatic carbocycles. The van der Waals surface area contributed by atoms with Crippen molar-refractivity contribution in [1.82, 2.24) is 4.98 Å². The quantitative estimate of drug-likeness (QED) is 0.781. The van der Waals surface area contributed by atoms with E-state index >= 15 is 0 Å². The van der Waals surface area contributed by atoms with Gasteiger partial charge in [0.25, 0.3) is 0 Å². The van der Waals surface area contributed by atoms with Crippen LogP contribution in [0.5, 0.6) is 0 Å². The fraction of sp³-hybridized carbons (Fsp3) is 0.214. The Balaban J connectivity index is 2.17. The van der Waals surface area contributed by atoms with Crippen LogP contribution in [0.1, 0.15) is 17.5 Å². The van der Waals surface area contributed by atoms with Crippen LogP contribution in [0.2, 0.25) is 0 Å². The highest BCUT2D eigenvalue weighted by molar-refractivity contribution is 7.15. The van der Waals surface area contributed by atoms with Crippen molar-refractivity contribution in [3.05, 3.63) is 41.1 Å². The van der Waals surface area contributed by atoms with Crippen LogP contribution in [0, 0.1) is 0 Å². The average Bonchev–Trinajstić information content (AvgIpc) is 3.01. The molecule has 3 nitrogen and oxygen atoms in total. The molecule has 92 valence electrons. The van der Waals surface area contributed by atoms with E-state index in [1.807, 2.05) is 18.2 Å². The molecule has 0 saturated heterocycles. The summed E-state index contributed by atoms with van der Waals surface area (Å²) in [5, 5.41) is 2.11. The van der Waals surface area contributed by atoms with Crippen molar-refractivity contribution in [2.75, 3.05) is 0 Å². The van der Waals surface area contributed by atoms with E-state index < -0.39 is 0 Å². The maximum atomic E-state index is 5.75. The van der Waals surface area contributed by atoms with Crippen molar-refractivity contribution in [3.8, 4) is 10.6 Å². The summed E-state index contributed by atoms with van der Waals surface area (Å²) in [5.74, 6) is 0. The molecule has 2 N–H and O–H groups in total. The Morgan fingerprint density at radius 3 is 2.89 bits per heavy atom. The van der Waals surface area contributed by atoms with Crippen molar-refractivity contribution in [3.63, 3.8) is 0 Å². The molecule has 0 aliphatic rings. The highest BCUT2D eigenvalue weighted by Gasteiger charge is 2.14. The Labute approximate surface area is 109 Å². The third-order valence-electron chi connectivity index (χ3n) is 3.01. The third-order valence-corrected chi connectivity index (χ3v) is 4.16. The average molecular weight is 258 g/mol. The molecule has 1 aromatic carbocycles. The molecule has 3 aromatic rings. The number of rotatable bonds is 3. The van der Waals surface area contributed by atoms with Gasteiger partial charge in [-0.3, -0.25) is 0 Å². The van der Waals surface area contributed by atoms with E-state index in [4.69, 9.17) is 10.2 Å². The second-order valence-corrected chi connectivity index (χ2v) is 5.18. The molecule has 2 aromatic heterocycles. The first kappa shape index (κ1) is 11.4. The van der Waals surface area contributed by atoms with Gasteiger partial charge < -0.3 is 10.2 Å². The lowest BCUT2D eigenvalue weighted by Crippen LogP contribution is -1.96. The van der Waals surface area contributed by atoms with Crippen molar-refractivity contribution in [2.24, 2.45) is 5.73 Å². The van der Waals surface area contributed by atoms with Gasteiger partial charge in [-0.05, 0) is 12.5 Å². The van der Waals surface area contributed by atoms with Gasteiger partial charge in [-0.15, -0.1) is 11.3 Å². The van der Waals surface area contributed by atoms with Gasteiger partial charge in [0.15, 0.2) is 0 Å². The molecule has 0 saturated carbocycles. The van der Waals surface area contributed by atoms with Crippen LogP contribution in [-0.2, 0) is 13.0 Å². The number of benzene rings is 1. The summed E-state index contributed by atoms with van der Waals surface area (Å²) in [5.41, 5.74) is 8.81. The molecule has 0 spiro atoms. The highest BCUT2D eigenvalue weighted by Crippen LogP contribution is 2.34. The first-order valence-electron chi connectivity index (χ1n) is 5.98. The van der Waals surface area contributed by atoms with Crippen LogP contribution in [0.25, 0.3) is 21.5 Å². The molecule has 0 bridgehead atoms. The van der Waals surface area contributed by atoms with Gasteiger partial charge in [0.1, 0.15) is 16.9 Å². The highest BCUT2D eigenvalue weighted by atomic mass is 32.1. The van der Waals surface area contributed by atoms with Crippen molar-refractivity contribution in [2.45, 2.75) is 19.9 Å². The monoisotopic (exact) mass is 258 g/mol. The molecule has 4 heteroatoms. The summed E-state index contributed by atoms with van der Waals surface area (Å²) < 4.78 is 5.56. The number of fused-ring (bicyclic) bond motifs is 1. The topological polar surface area (TPSA) is 52.0 Å². The molecule has 0 amide bonds. The first-order chi connectivity index (χ1) is 8.83. The van der Waals surface area contributed by atoms with Gasteiger partial charge in [0, 0.05) is 16.8 Å². The maximum absolute atomic E-state index is 5.75. The number of nitrogens with zero attached hydrogens (tertiary/aromatic N) is 1. The number of aryl methyl sites for hydroxylation is 1. The molecular formula is C14H14N2OS. The molecular weight excluding hydrogens is 244 g/mol. The first-order valence-corrected chi connectivity index (χ1v) is 6.80. The summed E-state index contributed by atoms with van der Waals surface area (Å²) in [4.78, 5) is 5.84. The van der Waals surface area contributed by atoms with Crippen LogP contribution in [-0.4, -0.2) is 4.98 Å². The predicted octanol–water partition coefficient (Wildman–Crippen LogP) is 3.58. The SMILES string of the molecule is CCc1nc(-c2coc3ccccc23)sc1CN. The number of nitrogens with two attached hydrogens (primary N) is 1. The van der Waals surface area contributed by atoms with Gasteiger partial charge in [-0.2, -0.15) is 0 Å². The second kappa shape index (κ2) is 4.55. The van der Waals surface area contributed by atoms with E-state index in [1.54, 1.807) is 17.6 Å². The van der Waals surface area contributed by atoms with E-state index in [0.717, 1.165) is 38.5 Å². The Bertz CT molecular complexity index is 662. The summed E-state index contributed by atoms with van der Waals surface area (Å²) in [6.45, 7) is 2.65.